The second-order valence-electron chi connectivity index (χ2n) is 4.28. The lowest BCUT2D eigenvalue weighted by Gasteiger charge is -2.26. The van der Waals surface area contributed by atoms with Gasteiger partial charge in [-0.05, 0) is 23.4 Å². The molecule has 0 saturated carbocycles. The molecule has 2 aromatic rings. The Balaban J connectivity index is 1.81. The van der Waals surface area contributed by atoms with E-state index in [4.69, 9.17) is 5.84 Å². The van der Waals surface area contributed by atoms with Crippen LogP contribution in [0.25, 0.3) is 0 Å². The van der Waals surface area contributed by atoms with Crippen LogP contribution >= 0.6 is 11.3 Å². The Morgan fingerprint density at radius 3 is 3.21 bits per heavy atom. The summed E-state index contributed by atoms with van der Waals surface area (Å²) in [6.07, 6.45) is 3.84. The largest absolute Gasteiger partial charge is 0.333 e. The van der Waals surface area contributed by atoms with Crippen molar-refractivity contribution in [2.45, 2.75) is 13.0 Å². The number of carbonyl (C=O) groups excluding carboxylic acids is 1. The van der Waals surface area contributed by atoms with E-state index in [0.717, 1.165) is 6.42 Å². The number of amides is 1. The summed E-state index contributed by atoms with van der Waals surface area (Å²) in [4.78, 5) is 23.6. The number of nitrogens with one attached hydrogen (secondary N) is 1. The van der Waals surface area contributed by atoms with Crippen LogP contribution in [0.15, 0.2) is 23.8 Å². The topological polar surface area (TPSA) is 84.1 Å². The highest BCUT2D eigenvalue weighted by Gasteiger charge is 2.23. The summed E-state index contributed by atoms with van der Waals surface area (Å²) in [5, 5.41) is 2.07. The number of nitrogen functional groups attached to an aromatic ring is 1. The van der Waals surface area contributed by atoms with Gasteiger partial charge in [-0.15, -0.1) is 11.3 Å². The molecule has 98 valence electrons. The second kappa shape index (κ2) is 4.94. The Morgan fingerprint density at radius 1 is 1.47 bits per heavy atom. The van der Waals surface area contributed by atoms with Crippen LogP contribution in [0, 0.1) is 0 Å². The maximum absolute atomic E-state index is 12.4. The van der Waals surface area contributed by atoms with Crippen molar-refractivity contribution in [3.63, 3.8) is 0 Å². The maximum Gasteiger partial charge on any atom is 0.274 e. The molecule has 1 aliphatic heterocycles. The number of hydrogen-bond acceptors (Lipinski definition) is 6. The lowest BCUT2D eigenvalue weighted by molar-refractivity contribution is 0.0729. The predicted molar refractivity (Wildman–Crippen MR) is 72.6 cm³/mol. The zero-order valence-corrected chi connectivity index (χ0v) is 11.0. The molecule has 7 heteroatoms. The lowest BCUT2D eigenvalue weighted by atomic mass is 10.1. The van der Waals surface area contributed by atoms with Gasteiger partial charge in [-0.1, -0.05) is 0 Å². The Bertz CT molecular complexity index is 612. The van der Waals surface area contributed by atoms with Crippen molar-refractivity contribution in [1.82, 2.24) is 14.9 Å². The third kappa shape index (κ3) is 2.29. The molecule has 0 radical (unpaired) electrons. The van der Waals surface area contributed by atoms with Crippen molar-refractivity contribution in [3.05, 3.63) is 40.0 Å². The van der Waals surface area contributed by atoms with E-state index >= 15 is 0 Å². The van der Waals surface area contributed by atoms with Crippen LogP contribution in [0.5, 0.6) is 0 Å². The van der Waals surface area contributed by atoms with Crippen molar-refractivity contribution in [2.24, 2.45) is 5.84 Å². The summed E-state index contributed by atoms with van der Waals surface area (Å²) in [6, 6.07) is 2.07. The molecule has 3 heterocycles. The fourth-order valence-electron chi connectivity index (χ4n) is 2.12. The van der Waals surface area contributed by atoms with Crippen molar-refractivity contribution >= 4 is 23.1 Å². The molecular formula is C12H13N5OS. The van der Waals surface area contributed by atoms with E-state index in [1.54, 1.807) is 16.2 Å². The number of hydrazine groups is 1. The third-order valence-electron chi connectivity index (χ3n) is 3.10. The Kier molecular flexibility index (Phi) is 3.14. The monoisotopic (exact) mass is 275 g/mol. The van der Waals surface area contributed by atoms with E-state index in [-0.39, 0.29) is 5.91 Å². The zero-order valence-electron chi connectivity index (χ0n) is 10.2. The number of thiophene rings is 1. The number of hydrogen-bond donors (Lipinski definition) is 2. The average Bonchev–Trinajstić information content (AvgIpc) is 2.94. The van der Waals surface area contributed by atoms with E-state index < -0.39 is 0 Å². The molecule has 3 N–H and O–H groups in total. The maximum atomic E-state index is 12.4. The van der Waals surface area contributed by atoms with Crippen LogP contribution in [0.3, 0.4) is 0 Å². The minimum absolute atomic E-state index is 0.110. The number of anilines is 1. The van der Waals surface area contributed by atoms with Crippen LogP contribution in [0.1, 0.15) is 20.9 Å². The van der Waals surface area contributed by atoms with Gasteiger partial charge in [0.1, 0.15) is 5.69 Å². The SMILES string of the molecule is NNc1cncc(C(=O)N2CCc3sccc3C2)n1. The number of aromatic nitrogens is 2. The summed E-state index contributed by atoms with van der Waals surface area (Å²) in [7, 11) is 0. The van der Waals surface area contributed by atoms with E-state index in [9.17, 15) is 4.79 Å². The van der Waals surface area contributed by atoms with Crippen molar-refractivity contribution < 1.29 is 4.79 Å². The minimum atomic E-state index is -0.110. The van der Waals surface area contributed by atoms with Crippen molar-refractivity contribution in [1.29, 1.82) is 0 Å². The normalized spacial score (nSPS) is 14.1. The van der Waals surface area contributed by atoms with Gasteiger partial charge in [0.2, 0.25) is 0 Å². The summed E-state index contributed by atoms with van der Waals surface area (Å²) in [5.41, 5.74) is 3.94. The Morgan fingerprint density at radius 2 is 2.37 bits per heavy atom. The highest BCUT2D eigenvalue weighted by Crippen LogP contribution is 2.24. The van der Waals surface area contributed by atoms with Gasteiger partial charge in [-0.3, -0.25) is 9.78 Å². The van der Waals surface area contributed by atoms with E-state index in [0.29, 0.717) is 24.6 Å². The summed E-state index contributed by atoms with van der Waals surface area (Å²) in [6.45, 7) is 1.36. The Labute approximate surface area is 114 Å². The van der Waals surface area contributed by atoms with Gasteiger partial charge in [0.25, 0.3) is 5.91 Å². The van der Waals surface area contributed by atoms with Crippen LogP contribution in [0.4, 0.5) is 5.82 Å². The molecule has 2 aromatic heterocycles. The summed E-state index contributed by atoms with van der Waals surface area (Å²) < 4.78 is 0. The predicted octanol–water partition coefficient (Wildman–Crippen LogP) is 1.02. The molecule has 1 amide bonds. The van der Waals surface area contributed by atoms with Gasteiger partial charge in [0, 0.05) is 18.0 Å². The fraction of sp³-hybridized carbons (Fsp3) is 0.250. The lowest BCUT2D eigenvalue weighted by Crippen LogP contribution is -2.36. The smallest absolute Gasteiger partial charge is 0.274 e. The molecule has 19 heavy (non-hydrogen) atoms. The van der Waals surface area contributed by atoms with E-state index in [2.05, 4.69) is 26.8 Å². The van der Waals surface area contributed by atoms with Crippen molar-refractivity contribution in [2.75, 3.05) is 12.0 Å². The van der Waals surface area contributed by atoms with Gasteiger partial charge < -0.3 is 10.3 Å². The first-order valence-electron chi connectivity index (χ1n) is 5.91. The molecule has 0 unspecified atom stereocenters. The average molecular weight is 275 g/mol. The molecule has 3 rings (SSSR count). The molecule has 0 aliphatic carbocycles. The standard InChI is InChI=1S/C12H13N5OS/c13-16-11-6-14-5-9(15-11)12(18)17-3-1-10-8(7-17)2-4-19-10/h2,4-6H,1,3,7,13H2,(H,15,16). The third-order valence-corrected chi connectivity index (χ3v) is 4.12. The summed E-state index contributed by atoms with van der Waals surface area (Å²) in [5.74, 6) is 5.55. The molecule has 6 nitrogen and oxygen atoms in total. The highest BCUT2D eigenvalue weighted by molar-refractivity contribution is 7.10. The molecule has 0 aromatic carbocycles. The number of carbonyl (C=O) groups is 1. The van der Waals surface area contributed by atoms with Gasteiger partial charge in [0.15, 0.2) is 5.82 Å². The molecule has 0 atom stereocenters. The Hall–Kier alpha value is -1.99. The molecule has 0 spiro atoms. The van der Waals surface area contributed by atoms with Gasteiger partial charge in [-0.2, -0.15) is 0 Å². The first-order chi connectivity index (χ1) is 9.28. The molecular weight excluding hydrogens is 262 g/mol. The first kappa shape index (κ1) is 12.1. The number of fused-ring (bicyclic) bond motifs is 1. The van der Waals surface area contributed by atoms with Crippen LogP contribution < -0.4 is 11.3 Å². The molecule has 0 saturated heterocycles. The zero-order chi connectivity index (χ0) is 13.2. The number of nitrogens with zero attached hydrogens (tertiary/aromatic N) is 3. The summed E-state index contributed by atoms with van der Waals surface area (Å²) >= 11 is 1.75. The van der Waals surface area contributed by atoms with Gasteiger partial charge >= 0.3 is 0 Å². The van der Waals surface area contributed by atoms with Crippen molar-refractivity contribution in [3.8, 4) is 0 Å². The van der Waals surface area contributed by atoms with Crippen LogP contribution in [-0.4, -0.2) is 27.3 Å². The van der Waals surface area contributed by atoms with Gasteiger partial charge in [0.05, 0.1) is 12.4 Å². The van der Waals surface area contributed by atoms with Crippen LogP contribution in [0.2, 0.25) is 0 Å². The van der Waals surface area contributed by atoms with E-state index in [1.807, 2.05) is 0 Å². The fourth-order valence-corrected chi connectivity index (χ4v) is 3.01. The van der Waals surface area contributed by atoms with Crippen LogP contribution in [-0.2, 0) is 13.0 Å². The quantitative estimate of drug-likeness (QED) is 0.631. The van der Waals surface area contributed by atoms with E-state index in [1.165, 1.54) is 22.8 Å². The minimum Gasteiger partial charge on any atom is -0.333 e. The molecule has 0 bridgehead atoms. The molecule has 0 fully saturated rings. The second-order valence-corrected chi connectivity index (χ2v) is 5.28. The molecule has 1 aliphatic rings. The first-order valence-corrected chi connectivity index (χ1v) is 6.79. The number of nitrogens with two attached hydrogens (primary N) is 1. The van der Waals surface area contributed by atoms with Gasteiger partial charge in [-0.25, -0.2) is 10.8 Å². The number of rotatable bonds is 2. The highest BCUT2D eigenvalue weighted by atomic mass is 32.1.